The van der Waals surface area contributed by atoms with Gasteiger partial charge >= 0.3 is 6.18 Å². The predicted molar refractivity (Wildman–Crippen MR) is 61.1 cm³/mol. The third kappa shape index (κ3) is 2.60. The fraction of sp³-hybridized carbons (Fsp3) is 0.250. The van der Waals surface area contributed by atoms with Gasteiger partial charge in [-0.1, -0.05) is 6.07 Å². The molecule has 1 heterocycles. The molecule has 7 heteroatoms. The zero-order chi connectivity index (χ0) is 14.2. The van der Waals surface area contributed by atoms with Crippen LogP contribution in [0.1, 0.15) is 24.2 Å². The lowest BCUT2D eigenvalue weighted by Crippen LogP contribution is -2.13. The molecule has 0 radical (unpaired) electrons. The highest BCUT2D eigenvalue weighted by Gasteiger charge is 2.33. The number of alkyl halides is 3. The minimum absolute atomic E-state index is 0.124. The van der Waals surface area contributed by atoms with Gasteiger partial charge in [-0.2, -0.15) is 18.3 Å². The minimum Gasteiger partial charge on any atom is -0.324 e. The van der Waals surface area contributed by atoms with Gasteiger partial charge in [0, 0.05) is 17.8 Å². The Morgan fingerprint density at radius 3 is 2.47 bits per heavy atom. The van der Waals surface area contributed by atoms with Crippen LogP contribution < -0.4 is 5.73 Å². The molecule has 2 aromatic rings. The van der Waals surface area contributed by atoms with E-state index in [0.29, 0.717) is 0 Å². The van der Waals surface area contributed by atoms with Crippen LogP contribution in [-0.4, -0.2) is 9.78 Å². The van der Waals surface area contributed by atoms with Crippen molar-refractivity contribution in [3.05, 3.63) is 47.5 Å². The van der Waals surface area contributed by atoms with E-state index in [4.69, 9.17) is 5.73 Å². The van der Waals surface area contributed by atoms with E-state index in [1.165, 1.54) is 18.2 Å². The molecule has 0 saturated carbocycles. The Kier molecular flexibility index (Phi) is 3.32. The first-order valence-corrected chi connectivity index (χ1v) is 5.48. The van der Waals surface area contributed by atoms with Crippen molar-refractivity contribution in [1.82, 2.24) is 9.78 Å². The molecule has 102 valence electrons. The molecule has 0 saturated heterocycles. The largest absolute Gasteiger partial charge is 0.435 e. The van der Waals surface area contributed by atoms with Crippen LogP contribution in [-0.2, 0) is 6.18 Å². The van der Waals surface area contributed by atoms with Gasteiger partial charge in [0.25, 0.3) is 0 Å². The zero-order valence-corrected chi connectivity index (χ0v) is 9.95. The van der Waals surface area contributed by atoms with Crippen molar-refractivity contribution in [2.24, 2.45) is 5.73 Å². The molecule has 3 nitrogen and oxygen atoms in total. The van der Waals surface area contributed by atoms with Gasteiger partial charge in [-0.3, -0.25) is 0 Å². The van der Waals surface area contributed by atoms with Gasteiger partial charge in [-0.25, -0.2) is 9.07 Å². The van der Waals surface area contributed by atoms with Gasteiger partial charge in [0.15, 0.2) is 5.69 Å². The molecular weight excluding hydrogens is 262 g/mol. The smallest absolute Gasteiger partial charge is 0.324 e. The molecule has 0 aliphatic heterocycles. The molecular formula is C12H11F4N3. The molecule has 1 aromatic carbocycles. The summed E-state index contributed by atoms with van der Waals surface area (Å²) < 4.78 is 52.1. The molecule has 0 bridgehead atoms. The summed E-state index contributed by atoms with van der Waals surface area (Å²) in [6.07, 6.45) is -3.41. The normalized spacial score (nSPS) is 13.6. The third-order valence-corrected chi connectivity index (χ3v) is 2.61. The average molecular weight is 273 g/mol. The number of halogens is 4. The van der Waals surface area contributed by atoms with E-state index in [9.17, 15) is 17.6 Å². The number of nitrogens with zero attached hydrogens (tertiary/aromatic N) is 2. The second-order valence-electron chi connectivity index (χ2n) is 4.10. The van der Waals surface area contributed by atoms with Crippen LogP contribution in [0.5, 0.6) is 0 Å². The summed E-state index contributed by atoms with van der Waals surface area (Å²) in [6, 6.07) is 4.24. The topological polar surface area (TPSA) is 43.8 Å². The molecule has 2 rings (SSSR count). The van der Waals surface area contributed by atoms with Gasteiger partial charge in [-0.05, 0) is 25.1 Å². The molecule has 0 spiro atoms. The number of nitrogens with two attached hydrogens (primary N) is 1. The van der Waals surface area contributed by atoms with Crippen molar-refractivity contribution >= 4 is 0 Å². The Labute approximate surface area is 106 Å². The fourth-order valence-electron chi connectivity index (χ4n) is 1.79. The number of benzene rings is 1. The first-order chi connectivity index (χ1) is 8.80. The SMILES string of the molecule is C[C@@H](N)c1c(F)cccc1-n1ccc(C(F)(F)F)n1. The van der Waals surface area contributed by atoms with Crippen molar-refractivity contribution in [3.63, 3.8) is 0 Å². The highest BCUT2D eigenvalue weighted by molar-refractivity contribution is 5.43. The fourth-order valence-corrected chi connectivity index (χ4v) is 1.79. The molecule has 0 aliphatic rings. The Balaban J connectivity index is 2.54. The molecule has 1 aromatic heterocycles. The van der Waals surface area contributed by atoms with E-state index in [-0.39, 0.29) is 11.3 Å². The van der Waals surface area contributed by atoms with E-state index < -0.39 is 23.7 Å². The summed E-state index contributed by atoms with van der Waals surface area (Å²) in [5.41, 5.74) is 4.93. The van der Waals surface area contributed by atoms with Crippen LogP contribution in [0, 0.1) is 5.82 Å². The Hall–Kier alpha value is -1.89. The summed E-state index contributed by atoms with van der Waals surface area (Å²) in [6.45, 7) is 1.55. The maximum absolute atomic E-state index is 13.7. The molecule has 2 N–H and O–H groups in total. The van der Waals surface area contributed by atoms with Crippen molar-refractivity contribution in [2.45, 2.75) is 19.1 Å². The molecule has 0 unspecified atom stereocenters. The number of rotatable bonds is 2. The van der Waals surface area contributed by atoms with E-state index in [0.717, 1.165) is 16.9 Å². The van der Waals surface area contributed by atoms with Gasteiger partial charge < -0.3 is 5.73 Å². The van der Waals surface area contributed by atoms with Gasteiger partial charge in [-0.15, -0.1) is 0 Å². The predicted octanol–water partition coefficient (Wildman–Crippen LogP) is 3.05. The molecule has 0 fully saturated rings. The van der Waals surface area contributed by atoms with Crippen LogP contribution in [0.4, 0.5) is 17.6 Å². The van der Waals surface area contributed by atoms with E-state index in [1.807, 2.05) is 0 Å². The summed E-state index contributed by atoms with van der Waals surface area (Å²) >= 11 is 0. The Morgan fingerprint density at radius 1 is 1.26 bits per heavy atom. The van der Waals surface area contributed by atoms with Crippen LogP contribution >= 0.6 is 0 Å². The maximum atomic E-state index is 13.7. The van der Waals surface area contributed by atoms with E-state index in [1.54, 1.807) is 6.92 Å². The van der Waals surface area contributed by atoms with Gasteiger partial charge in [0.05, 0.1) is 5.69 Å². The molecule has 0 aliphatic carbocycles. The van der Waals surface area contributed by atoms with Gasteiger partial charge in [0.1, 0.15) is 5.82 Å². The lowest BCUT2D eigenvalue weighted by molar-refractivity contribution is -0.141. The summed E-state index contributed by atoms with van der Waals surface area (Å²) in [4.78, 5) is 0. The van der Waals surface area contributed by atoms with Crippen LogP contribution in [0.15, 0.2) is 30.5 Å². The second-order valence-corrected chi connectivity index (χ2v) is 4.10. The van der Waals surface area contributed by atoms with E-state index >= 15 is 0 Å². The van der Waals surface area contributed by atoms with Crippen LogP contribution in [0.3, 0.4) is 0 Å². The summed E-state index contributed by atoms with van der Waals surface area (Å²) in [5.74, 6) is -0.573. The first-order valence-electron chi connectivity index (χ1n) is 5.48. The van der Waals surface area contributed by atoms with E-state index in [2.05, 4.69) is 5.10 Å². The third-order valence-electron chi connectivity index (χ3n) is 2.61. The highest BCUT2D eigenvalue weighted by Crippen LogP contribution is 2.29. The van der Waals surface area contributed by atoms with Crippen LogP contribution in [0.25, 0.3) is 5.69 Å². The maximum Gasteiger partial charge on any atom is 0.435 e. The molecule has 1 atom stereocenters. The quantitative estimate of drug-likeness (QED) is 0.855. The number of hydrogen-bond donors (Lipinski definition) is 1. The summed E-state index contributed by atoms with van der Waals surface area (Å²) in [7, 11) is 0. The summed E-state index contributed by atoms with van der Waals surface area (Å²) in [5, 5.41) is 3.41. The molecule has 0 amide bonds. The van der Waals surface area contributed by atoms with Crippen molar-refractivity contribution in [2.75, 3.05) is 0 Å². The van der Waals surface area contributed by atoms with Crippen LogP contribution in [0.2, 0.25) is 0 Å². The Morgan fingerprint density at radius 2 is 1.95 bits per heavy atom. The minimum atomic E-state index is -4.53. The lowest BCUT2D eigenvalue weighted by Gasteiger charge is -2.13. The Bertz CT molecular complexity index is 587. The standard InChI is InChI=1S/C12H11F4N3/c1-7(17)11-8(13)3-2-4-9(11)19-6-5-10(18-19)12(14,15)16/h2-7H,17H2,1H3/t7-/m1/s1. The number of aromatic nitrogens is 2. The zero-order valence-electron chi connectivity index (χ0n) is 9.95. The monoisotopic (exact) mass is 273 g/mol. The highest BCUT2D eigenvalue weighted by atomic mass is 19.4. The van der Waals surface area contributed by atoms with Crippen molar-refractivity contribution < 1.29 is 17.6 Å². The van der Waals surface area contributed by atoms with Crippen molar-refractivity contribution in [3.8, 4) is 5.69 Å². The lowest BCUT2D eigenvalue weighted by atomic mass is 10.1. The first kappa shape index (κ1) is 13.5. The second kappa shape index (κ2) is 4.65. The number of hydrogen-bond acceptors (Lipinski definition) is 2. The molecule has 19 heavy (non-hydrogen) atoms. The van der Waals surface area contributed by atoms with Crippen molar-refractivity contribution in [1.29, 1.82) is 0 Å². The van der Waals surface area contributed by atoms with Gasteiger partial charge in [0.2, 0.25) is 0 Å². The average Bonchev–Trinajstić information content (AvgIpc) is 2.76.